The summed E-state index contributed by atoms with van der Waals surface area (Å²) in [5.74, 6) is 0.695. The summed E-state index contributed by atoms with van der Waals surface area (Å²) >= 11 is 0. The summed E-state index contributed by atoms with van der Waals surface area (Å²) in [6.07, 6.45) is 1.27. The van der Waals surface area contributed by atoms with E-state index in [0.29, 0.717) is 5.92 Å². The maximum Gasteiger partial charge on any atom is 0.0512 e. The number of rotatable bonds is 1. The van der Waals surface area contributed by atoms with Crippen LogP contribution < -0.4 is 5.32 Å². The summed E-state index contributed by atoms with van der Waals surface area (Å²) in [6.45, 7) is 6.76. The van der Waals surface area contributed by atoms with Crippen LogP contribution in [0, 0.1) is 13.8 Å². The first-order valence-corrected chi connectivity index (χ1v) is 6.45. The van der Waals surface area contributed by atoms with Crippen molar-refractivity contribution in [2.45, 2.75) is 26.2 Å². The van der Waals surface area contributed by atoms with Crippen LogP contribution in [0.2, 0.25) is 0 Å². The SMILES string of the molecule is Cc1cccc2c(C3CCNC3)c(C)n(C)c12. The monoisotopic (exact) mass is 228 g/mol. The predicted molar refractivity (Wildman–Crippen MR) is 72.6 cm³/mol. The van der Waals surface area contributed by atoms with Crippen LogP contribution in [0.4, 0.5) is 0 Å². The lowest BCUT2D eigenvalue weighted by atomic mass is 9.95. The highest BCUT2D eigenvalue weighted by molar-refractivity contribution is 5.88. The topological polar surface area (TPSA) is 17.0 Å². The van der Waals surface area contributed by atoms with Crippen molar-refractivity contribution in [3.63, 3.8) is 0 Å². The number of nitrogens with one attached hydrogen (secondary N) is 1. The molecule has 1 fully saturated rings. The third-order valence-electron chi connectivity index (χ3n) is 4.22. The van der Waals surface area contributed by atoms with Crippen LogP contribution >= 0.6 is 0 Å². The summed E-state index contributed by atoms with van der Waals surface area (Å²) in [5.41, 5.74) is 5.79. The molecular weight excluding hydrogens is 208 g/mol. The van der Waals surface area contributed by atoms with Crippen LogP contribution in [-0.2, 0) is 7.05 Å². The molecule has 2 nitrogen and oxygen atoms in total. The van der Waals surface area contributed by atoms with Crippen molar-refractivity contribution < 1.29 is 0 Å². The molecule has 90 valence electrons. The molecule has 1 aromatic carbocycles. The van der Waals surface area contributed by atoms with Crippen molar-refractivity contribution in [1.82, 2.24) is 9.88 Å². The molecule has 3 rings (SSSR count). The lowest BCUT2D eigenvalue weighted by molar-refractivity contribution is 0.751. The zero-order chi connectivity index (χ0) is 12.0. The Balaban J connectivity index is 2.30. The number of aromatic nitrogens is 1. The van der Waals surface area contributed by atoms with Crippen molar-refractivity contribution in [2.24, 2.45) is 7.05 Å². The molecule has 2 aromatic rings. The minimum absolute atomic E-state index is 0.695. The molecule has 0 aliphatic carbocycles. The fourth-order valence-electron chi connectivity index (χ4n) is 3.28. The second kappa shape index (κ2) is 3.88. The fraction of sp³-hybridized carbons (Fsp3) is 0.467. The minimum atomic E-state index is 0.695. The first kappa shape index (κ1) is 10.8. The van der Waals surface area contributed by atoms with Crippen LogP contribution in [0.25, 0.3) is 10.9 Å². The molecule has 0 bridgehead atoms. The van der Waals surface area contributed by atoms with Gasteiger partial charge in [0.15, 0.2) is 0 Å². The van der Waals surface area contributed by atoms with Gasteiger partial charge in [0, 0.05) is 24.7 Å². The second-order valence-electron chi connectivity index (χ2n) is 5.22. The van der Waals surface area contributed by atoms with E-state index in [2.05, 4.69) is 49.0 Å². The standard InChI is InChI=1S/C15H20N2/c1-10-5-4-6-13-14(12-7-8-16-9-12)11(2)17(3)15(10)13/h4-6,12,16H,7-9H2,1-3H3. The fourth-order valence-corrected chi connectivity index (χ4v) is 3.28. The largest absolute Gasteiger partial charge is 0.347 e. The summed E-state index contributed by atoms with van der Waals surface area (Å²) < 4.78 is 2.36. The summed E-state index contributed by atoms with van der Waals surface area (Å²) in [6, 6.07) is 6.67. The number of para-hydroxylation sites is 1. The molecule has 2 heterocycles. The van der Waals surface area contributed by atoms with Gasteiger partial charge in [-0.15, -0.1) is 0 Å². The van der Waals surface area contributed by atoms with E-state index in [1.807, 2.05) is 0 Å². The molecule has 1 saturated heterocycles. The third kappa shape index (κ3) is 1.51. The molecule has 1 aliphatic rings. The molecule has 1 N–H and O–H groups in total. The Bertz CT molecular complexity index is 560. The molecule has 1 unspecified atom stereocenters. The van der Waals surface area contributed by atoms with Gasteiger partial charge in [-0.05, 0) is 43.9 Å². The molecule has 1 atom stereocenters. The molecule has 0 radical (unpaired) electrons. The summed E-state index contributed by atoms with van der Waals surface area (Å²) in [5, 5.41) is 4.93. The van der Waals surface area contributed by atoms with Gasteiger partial charge < -0.3 is 9.88 Å². The molecule has 0 amide bonds. The lowest BCUT2D eigenvalue weighted by Gasteiger charge is -2.09. The van der Waals surface area contributed by atoms with E-state index < -0.39 is 0 Å². The molecule has 0 saturated carbocycles. The van der Waals surface area contributed by atoms with Gasteiger partial charge in [0.05, 0.1) is 5.52 Å². The van der Waals surface area contributed by atoms with E-state index in [-0.39, 0.29) is 0 Å². The van der Waals surface area contributed by atoms with Crippen LogP contribution in [0.5, 0.6) is 0 Å². The molecule has 1 aliphatic heterocycles. The highest BCUT2D eigenvalue weighted by Crippen LogP contribution is 2.35. The van der Waals surface area contributed by atoms with Gasteiger partial charge in [-0.3, -0.25) is 0 Å². The first-order valence-electron chi connectivity index (χ1n) is 6.45. The number of hydrogen-bond donors (Lipinski definition) is 1. The predicted octanol–water partition coefficient (Wildman–Crippen LogP) is 2.87. The van der Waals surface area contributed by atoms with Gasteiger partial charge in [0.25, 0.3) is 0 Å². The molecule has 0 spiro atoms. The Morgan fingerprint density at radius 1 is 1.29 bits per heavy atom. The van der Waals surface area contributed by atoms with Crippen molar-refractivity contribution >= 4 is 10.9 Å². The van der Waals surface area contributed by atoms with Crippen molar-refractivity contribution in [1.29, 1.82) is 0 Å². The van der Waals surface area contributed by atoms with Crippen LogP contribution in [0.1, 0.15) is 29.2 Å². The Morgan fingerprint density at radius 2 is 2.12 bits per heavy atom. The van der Waals surface area contributed by atoms with Gasteiger partial charge in [0.2, 0.25) is 0 Å². The van der Waals surface area contributed by atoms with Crippen molar-refractivity contribution in [3.8, 4) is 0 Å². The summed E-state index contributed by atoms with van der Waals surface area (Å²) in [4.78, 5) is 0. The van der Waals surface area contributed by atoms with E-state index in [1.54, 1.807) is 5.56 Å². The molecule has 1 aromatic heterocycles. The zero-order valence-corrected chi connectivity index (χ0v) is 10.9. The number of fused-ring (bicyclic) bond motifs is 1. The maximum absolute atomic E-state index is 3.48. The number of benzene rings is 1. The Kier molecular flexibility index (Phi) is 2.48. The van der Waals surface area contributed by atoms with E-state index in [9.17, 15) is 0 Å². The second-order valence-corrected chi connectivity index (χ2v) is 5.22. The molecular formula is C15H20N2. The van der Waals surface area contributed by atoms with Gasteiger partial charge >= 0.3 is 0 Å². The molecule has 2 heteroatoms. The zero-order valence-electron chi connectivity index (χ0n) is 10.9. The average Bonchev–Trinajstić information content (AvgIpc) is 2.89. The first-order chi connectivity index (χ1) is 8.20. The van der Waals surface area contributed by atoms with E-state index in [1.165, 1.54) is 28.6 Å². The number of aryl methyl sites for hydroxylation is 2. The smallest absolute Gasteiger partial charge is 0.0512 e. The van der Waals surface area contributed by atoms with Crippen LogP contribution in [0.15, 0.2) is 18.2 Å². The van der Waals surface area contributed by atoms with Gasteiger partial charge in [0.1, 0.15) is 0 Å². The molecule has 17 heavy (non-hydrogen) atoms. The number of hydrogen-bond acceptors (Lipinski definition) is 1. The van der Waals surface area contributed by atoms with Crippen LogP contribution in [0.3, 0.4) is 0 Å². The van der Waals surface area contributed by atoms with Crippen molar-refractivity contribution in [3.05, 3.63) is 35.0 Å². The maximum atomic E-state index is 3.48. The van der Waals surface area contributed by atoms with E-state index in [4.69, 9.17) is 0 Å². The Morgan fingerprint density at radius 3 is 2.82 bits per heavy atom. The summed E-state index contributed by atoms with van der Waals surface area (Å²) in [7, 11) is 2.19. The van der Waals surface area contributed by atoms with E-state index in [0.717, 1.165) is 13.1 Å². The lowest BCUT2D eigenvalue weighted by Crippen LogP contribution is -2.08. The minimum Gasteiger partial charge on any atom is -0.347 e. The Hall–Kier alpha value is -1.28. The Labute approximate surface area is 103 Å². The highest BCUT2D eigenvalue weighted by atomic mass is 15.0. The van der Waals surface area contributed by atoms with Crippen molar-refractivity contribution in [2.75, 3.05) is 13.1 Å². The van der Waals surface area contributed by atoms with Crippen LogP contribution in [-0.4, -0.2) is 17.7 Å². The highest BCUT2D eigenvalue weighted by Gasteiger charge is 2.23. The normalized spacial score (nSPS) is 20.3. The van der Waals surface area contributed by atoms with E-state index >= 15 is 0 Å². The number of nitrogens with zero attached hydrogens (tertiary/aromatic N) is 1. The van der Waals surface area contributed by atoms with Gasteiger partial charge in [-0.25, -0.2) is 0 Å². The quantitative estimate of drug-likeness (QED) is 0.794. The third-order valence-corrected chi connectivity index (χ3v) is 4.22. The average molecular weight is 228 g/mol. The van der Waals surface area contributed by atoms with Gasteiger partial charge in [-0.1, -0.05) is 18.2 Å². The van der Waals surface area contributed by atoms with Gasteiger partial charge in [-0.2, -0.15) is 0 Å².